The molecule has 2 atom stereocenters. The normalized spacial score (nSPS) is 29.9. The van der Waals surface area contributed by atoms with E-state index in [9.17, 15) is 0 Å². The molecule has 0 saturated heterocycles. The summed E-state index contributed by atoms with van der Waals surface area (Å²) in [6, 6.07) is 9.43. The first-order valence-electron chi connectivity index (χ1n) is 7.07. The molecule has 0 radical (unpaired) electrons. The highest BCUT2D eigenvalue weighted by atomic mass is 35.5. The van der Waals surface area contributed by atoms with Crippen molar-refractivity contribution in [3.8, 4) is 0 Å². The van der Waals surface area contributed by atoms with Crippen molar-refractivity contribution in [2.45, 2.75) is 62.2 Å². The molecule has 0 spiro atoms. The summed E-state index contributed by atoms with van der Waals surface area (Å²) < 4.78 is 0. The summed E-state index contributed by atoms with van der Waals surface area (Å²) >= 11 is 6.27. The SMILES string of the molecule is ClC1CCCC(c2ccc(C3CCC3)cc2)C1. The molecule has 2 aliphatic rings. The number of rotatable bonds is 2. The zero-order chi connectivity index (χ0) is 11.7. The lowest BCUT2D eigenvalue weighted by Crippen LogP contribution is -2.14. The zero-order valence-corrected chi connectivity index (χ0v) is 11.1. The van der Waals surface area contributed by atoms with E-state index in [4.69, 9.17) is 11.6 Å². The number of hydrogen-bond donors (Lipinski definition) is 0. The molecule has 0 N–H and O–H groups in total. The number of benzene rings is 1. The Balaban J connectivity index is 1.70. The molecule has 2 unspecified atom stereocenters. The molecule has 1 aromatic carbocycles. The van der Waals surface area contributed by atoms with Crippen LogP contribution < -0.4 is 0 Å². The van der Waals surface area contributed by atoms with Crippen LogP contribution in [-0.4, -0.2) is 5.38 Å². The molecule has 92 valence electrons. The topological polar surface area (TPSA) is 0 Å². The molecule has 0 aromatic heterocycles. The van der Waals surface area contributed by atoms with Crippen LogP contribution in [0.4, 0.5) is 0 Å². The van der Waals surface area contributed by atoms with Crippen LogP contribution in [0.25, 0.3) is 0 Å². The summed E-state index contributed by atoms with van der Waals surface area (Å²) in [6.07, 6.45) is 9.21. The standard InChI is InChI=1S/C16H21Cl/c17-16-6-2-5-15(11-16)14-9-7-13(8-10-14)12-3-1-4-12/h7-10,12,15-16H,1-6,11H2. The van der Waals surface area contributed by atoms with Gasteiger partial charge in [0.2, 0.25) is 0 Å². The first kappa shape index (κ1) is 11.6. The summed E-state index contributed by atoms with van der Waals surface area (Å²) in [7, 11) is 0. The van der Waals surface area contributed by atoms with E-state index in [1.54, 1.807) is 5.56 Å². The molecular formula is C16H21Cl. The van der Waals surface area contributed by atoms with E-state index in [1.807, 2.05) is 0 Å². The fourth-order valence-corrected chi connectivity index (χ4v) is 3.58. The predicted octanol–water partition coefficient (Wildman–Crippen LogP) is 5.22. The van der Waals surface area contributed by atoms with E-state index >= 15 is 0 Å². The molecule has 2 fully saturated rings. The first-order chi connectivity index (χ1) is 8.33. The van der Waals surface area contributed by atoms with Crippen LogP contribution in [-0.2, 0) is 0 Å². The Labute approximate surface area is 109 Å². The molecule has 2 aliphatic carbocycles. The maximum Gasteiger partial charge on any atom is 0.0341 e. The molecule has 17 heavy (non-hydrogen) atoms. The van der Waals surface area contributed by atoms with Crippen molar-refractivity contribution in [2.24, 2.45) is 0 Å². The summed E-state index contributed by atoms with van der Waals surface area (Å²) in [5.41, 5.74) is 3.07. The Morgan fingerprint density at radius 3 is 1.82 bits per heavy atom. The minimum atomic E-state index is 0.403. The lowest BCUT2D eigenvalue weighted by Gasteiger charge is -2.28. The Morgan fingerprint density at radius 1 is 0.765 bits per heavy atom. The lowest BCUT2D eigenvalue weighted by molar-refractivity contribution is 0.419. The van der Waals surface area contributed by atoms with Crippen molar-refractivity contribution in [3.63, 3.8) is 0 Å². The molecule has 1 aromatic rings. The van der Waals surface area contributed by atoms with Crippen molar-refractivity contribution >= 4 is 11.6 Å². The van der Waals surface area contributed by atoms with Crippen LogP contribution in [0.15, 0.2) is 24.3 Å². The van der Waals surface area contributed by atoms with Crippen LogP contribution in [0.5, 0.6) is 0 Å². The number of alkyl halides is 1. The Hall–Kier alpha value is -0.490. The van der Waals surface area contributed by atoms with Crippen LogP contribution in [0, 0.1) is 0 Å². The van der Waals surface area contributed by atoms with Gasteiger partial charge in [0.05, 0.1) is 0 Å². The van der Waals surface area contributed by atoms with E-state index < -0.39 is 0 Å². The van der Waals surface area contributed by atoms with Crippen molar-refractivity contribution in [3.05, 3.63) is 35.4 Å². The third-order valence-electron chi connectivity index (χ3n) is 4.59. The molecule has 1 heteroatoms. The van der Waals surface area contributed by atoms with Gasteiger partial charge in [0, 0.05) is 5.38 Å². The highest BCUT2D eigenvalue weighted by Crippen LogP contribution is 2.38. The summed E-state index contributed by atoms with van der Waals surface area (Å²) in [5, 5.41) is 0.403. The van der Waals surface area contributed by atoms with Gasteiger partial charge in [0.1, 0.15) is 0 Å². The molecular weight excluding hydrogens is 228 g/mol. The van der Waals surface area contributed by atoms with Gasteiger partial charge in [-0.2, -0.15) is 0 Å². The molecule has 0 nitrogen and oxygen atoms in total. The number of halogens is 1. The van der Waals surface area contributed by atoms with E-state index in [-0.39, 0.29) is 0 Å². The minimum Gasteiger partial charge on any atom is -0.123 e. The van der Waals surface area contributed by atoms with Gasteiger partial charge in [0.25, 0.3) is 0 Å². The van der Waals surface area contributed by atoms with Crippen LogP contribution >= 0.6 is 11.6 Å². The summed E-state index contributed by atoms with van der Waals surface area (Å²) in [6.45, 7) is 0. The quantitative estimate of drug-likeness (QED) is 0.630. The Kier molecular flexibility index (Phi) is 3.42. The molecule has 3 rings (SSSR count). The van der Waals surface area contributed by atoms with Gasteiger partial charge in [-0.1, -0.05) is 37.1 Å². The Morgan fingerprint density at radius 2 is 1.29 bits per heavy atom. The molecule has 2 saturated carbocycles. The monoisotopic (exact) mass is 248 g/mol. The summed E-state index contributed by atoms with van der Waals surface area (Å²) in [5.74, 6) is 1.57. The second-order valence-corrected chi connectivity index (χ2v) is 6.37. The van der Waals surface area contributed by atoms with E-state index in [0.29, 0.717) is 11.3 Å². The van der Waals surface area contributed by atoms with Crippen LogP contribution in [0.2, 0.25) is 0 Å². The van der Waals surface area contributed by atoms with E-state index in [0.717, 1.165) is 5.92 Å². The van der Waals surface area contributed by atoms with Crippen molar-refractivity contribution in [2.75, 3.05) is 0 Å². The number of hydrogen-bond acceptors (Lipinski definition) is 0. The van der Waals surface area contributed by atoms with Crippen LogP contribution in [0.3, 0.4) is 0 Å². The van der Waals surface area contributed by atoms with Gasteiger partial charge in [-0.05, 0) is 55.1 Å². The second-order valence-electron chi connectivity index (χ2n) is 5.76. The van der Waals surface area contributed by atoms with Crippen molar-refractivity contribution in [1.29, 1.82) is 0 Å². The molecule has 0 aliphatic heterocycles. The fraction of sp³-hybridized carbons (Fsp3) is 0.625. The average molecular weight is 249 g/mol. The second kappa shape index (κ2) is 5.02. The third-order valence-corrected chi connectivity index (χ3v) is 4.99. The highest BCUT2D eigenvalue weighted by Gasteiger charge is 2.23. The van der Waals surface area contributed by atoms with Gasteiger partial charge in [-0.25, -0.2) is 0 Å². The lowest BCUT2D eigenvalue weighted by atomic mass is 9.78. The van der Waals surface area contributed by atoms with Gasteiger partial charge in [-0.15, -0.1) is 11.6 Å². The van der Waals surface area contributed by atoms with Gasteiger partial charge < -0.3 is 0 Å². The largest absolute Gasteiger partial charge is 0.123 e. The summed E-state index contributed by atoms with van der Waals surface area (Å²) in [4.78, 5) is 0. The van der Waals surface area contributed by atoms with Gasteiger partial charge in [-0.3, -0.25) is 0 Å². The highest BCUT2D eigenvalue weighted by molar-refractivity contribution is 6.20. The molecule has 0 heterocycles. The first-order valence-corrected chi connectivity index (χ1v) is 7.50. The molecule has 0 amide bonds. The van der Waals surface area contributed by atoms with Gasteiger partial charge in [0.15, 0.2) is 0 Å². The van der Waals surface area contributed by atoms with Gasteiger partial charge >= 0.3 is 0 Å². The van der Waals surface area contributed by atoms with Crippen LogP contribution in [0.1, 0.15) is 67.9 Å². The smallest absolute Gasteiger partial charge is 0.0341 e. The van der Waals surface area contributed by atoms with Crippen molar-refractivity contribution in [1.82, 2.24) is 0 Å². The molecule has 0 bridgehead atoms. The maximum absolute atomic E-state index is 6.27. The predicted molar refractivity (Wildman–Crippen MR) is 73.9 cm³/mol. The van der Waals surface area contributed by atoms with E-state index in [1.165, 1.54) is 50.5 Å². The third kappa shape index (κ3) is 2.52. The fourth-order valence-electron chi connectivity index (χ4n) is 3.21. The van der Waals surface area contributed by atoms with E-state index in [2.05, 4.69) is 24.3 Å². The Bertz CT molecular complexity index is 364. The minimum absolute atomic E-state index is 0.403. The van der Waals surface area contributed by atoms with Crippen molar-refractivity contribution < 1.29 is 0 Å². The average Bonchev–Trinajstić information content (AvgIpc) is 2.28. The maximum atomic E-state index is 6.27. The zero-order valence-electron chi connectivity index (χ0n) is 10.4.